The van der Waals surface area contributed by atoms with Crippen molar-refractivity contribution in [3.05, 3.63) is 41.5 Å². The summed E-state index contributed by atoms with van der Waals surface area (Å²) in [6.07, 6.45) is 8.90. The van der Waals surface area contributed by atoms with Crippen molar-refractivity contribution in [1.82, 2.24) is 14.9 Å². The Morgan fingerprint density at radius 3 is 2.60 bits per heavy atom. The Bertz CT molecular complexity index is 744. The number of nitrogens with zero attached hydrogens (tertiary/aromatic N) is 4. The Morgan fingerprint density at radius 2 is 1.96 bits per heavy atom. The van der Waals surface area contributed by atoms with Crippen LogP contribution in [0, 0.1) is 12.7 Å². The van der Waals surface area contributed by atoms with E-state index in [1.807, 2.05) is 18.9 Å². The van der Waals surface area contributed by atoms with E-state index < -0.39 is 5.82 Å². The van der Waals surface area contributed by atoms with E-state index in [-0.39, 0.29) is 17.0 Å². The van der Waals surface area contributed by atoms with Crippen molar-refractivity contribution < 1.29 is 9.18 Å². The van der Waals surface area contributed by atoms with Crippen LogP contribution in [0.25, 0.3) is 11.4 Å². The number of hydrogen-bond donors (Lipinski definition) is 0. The maximum atomic E-state index is 14.3. The third kappa shape index (κ3) is 5.17. The first kappa shape index (κ1) is 18.7. The molecule has 0 aliphatic rings. The van der Waals surface area contributed by atoms with E-state index in [9.17, 15) is 9.18 Å². The fourth-order valence-electron chi connectivity index (χ4n) is 2.32. The van der Waals surface area contributed by atoms with Crippen molar-refractivity contribution >= 4 is 18.3 Å². The minimum atomic E-state index is -0.541. The lowest BCUT2D eigenvalue weighted by molar-refractivity contribution is 0.112. The Balaban J connectivity index is 2.29. The average molecular weight is 342 g/mol. The van der Waals surface area contributed by atoms with Gasteiger partial charge >= 0.3 is 0 Å². The number of unbranched alkanes of at least 4 members (excludes halogenated alkanes) is 2. The van der Waals surface area contributed by atoms with Gasteiger partial charge < -0.3 is 4.90 Å². The molecule has 1 aromatic heterocycles. The summed E-state index contributed by atoms with van der Waals surface area (Å²) in [6.45, 7) is 4.89. The van der Waals surface area contributed by atoms with Gasteiger partial charge in [0, 0.05) is 31.5 Å². The van der Waals surface area contributed by atoms with Gasteiger partial charge in [-0.15, -0.1) is 0 Å². The van der Waals surface area contributed by atoms with Crippen LogP contribution in [-0.4, -0.2) is 41.1 Å². The van der Waals surface area contributed by atoms with E-state index in [2.05, 4.69) is 21.9 Å². The Kier molecular flexibility index (Phi) is 6.74. The van der Waals surface area contributed by atoms with E-state index in [0.29, 0.717) is 12.0 Å². The second-order valence-corrected chi connectivity index (χ2v) is 6.03. The standard InChI is InChI=1S/C19H23FN4O/c1-4-5-6-7-24(3)13-23-18-9-16(17(20)8-15(18)12-25)19-21-10-14(2)11-22-19/h8-13H,4-7H2,1-3H3/b23-13-. The van der Waals surface area contributed by atoms with Crippen LogP contribution in [0.15, 0.2) is 29.5 Å². The fourth-order valence-corrected chi connectivity index (χ4v) is 2.32. The molecular formula is C19H23FN4O. The molecule has 5 nitrogen and oxygen atoms in total. The molecule has 0 unspecified atom stereocenters. The molecule has 0 atom stereocenters. The highest BCUT2D eigenvalue weighted by atomic mass is 19.1. The van der Waals surface area contributed by atoms with Crippen LogP contribution in [0.2, 0.25) is 0 Å². The SMILES string of the molecule is CCCCCN(C)/C=N\c1cc(-c2ncc(C)cn2)c(F)cc1C=O. The van der Waals surface area contributed by atoms with E-state index in [1.54, 1.807) is 18.7 Å². The summed E-state index contributed by atoms with van der Waals surface area (Å²) in [5.74, 6) is -0.269. The van der Waals surface area contributed by atoms with Crippen molar-refractivity contribution in [1.29, 1.82) is 0 Å². The molecule has 2 rings (SSSR count). The molecule has 2 aromatic rings. The summed E-state index contributed by atoms with van der Waals surface area (Å²) in [6, 6.07) is 2.69. The van der Waals surface area contributed by atoms with E-state index in [1.165, 1.54) is 12.1 Å². The quantitative estimate of drug-likeness (QED) is 0.312. The highest BCUT2D eigenvalue weighted by Gasteiger charge is 2.13. The molecule has 1 heterocycles. The van der Waals surface area contributed by atoms with Gasteiger partial charge in [0.25, 0.3) is 0 Å². The zero-order valence-electron chi connectivity index (χ0n) is 14.9. The average Bonchev–Trinajstić information content (AvgIpc) is 2.61. The predicted octanol–water partition coefficient (Wildman–Crippen LogP) is 4.19. The summed E-state index contributed by atoms with van der Waals surface area (Å²) in [5.41, 5.74) is 1.72. The van der Waals surface area contributed by atoms with Gasteiger partial charge in [-0.25, -0.2) is 19.4 Å². The molecule has 132 valence electrons. The third-order valence-corrected chi connectivity index (χ3v) is 3.77. The molecular weight excluding hydrogens is 319 g/mol. The largest absolute Gasteiger partial charge is 0.366 e. The smallest absolute Gasteiger partial charge is 0.162 e. The monoisotopic (exact) mass is 342 g/mol. The maximum absolute atomic E-state index is 14.3. The Morgan fingerprint density at radius 1 is 1.24 bits per heavy atom. The first-order valence-corrected chi connectivity index (χ1v) is 8.37. The second kappa shape index (κ2) is 9.01. The normalized spacial score (nSPS) is 11.0. The van der Waals surface area contributed by atoms with E-state index in [0.717, 1.165) is 31.4 Å². The maximum Gasteiger partial charge on any atom is 0.162 e. The van der Waals surface area contributed by atoms with Crippen molar-refractivity contribution in [2.45, 2.75) is 33.1 Å². The molecule has 0 N–H and O–H groups in total. The van der Waals surface area contributed by atoms with Gasteiger partial charge in [0.05, 0.1) is 17.6 Å². The molecule has 0 saturated heterocycles. The molecule has 0 aliphatic heterocycles. The summed E-state index contributed by atoms with van der Waals surface area (Å²) < 4.78 is 14.3. The van der Waals surface area contributed by atoms with Gasteiger partial charge in [-0.05, 0) is 31.0 Å². The molecule has 0 spiro atoms. The van der Waals surface area contributed by atoms with Crippen LogP contribution in [0.1, 0.15) is 42.1 Å². The number of aromatic nitrogens is 2. The minimum Gasteiger partial charge on any atom is -0.366 e. The van der Waals surface area contributed by atoms with Crippen molar-refractivity contribution in [2.75, 3.05) is 13.6 Å². The van der Waals surface area contributed by atoms with Gasteiger partial charge in [-0.1, -0.05) is 19.8 Å². The molecule has 0 radical (unpaired) electrons. The van der Waals surface area contributed by atoms with Crippen LogP contribution < -0.4 is 0 Å². The van der Waals surface area contributed by atoms with E-state index >= 15 is 0 Å². The number of hydrogen-bond acceptors (Lipinski definition) is 4. The lowest BCUT2D eigenvalue weighted by atomic mass is 10.1. The molecule has 0 bridgehead atoms. The summed E-state index contributed by atoms with van der Waals surface area (Å²) in [4.78, 5) is 25.8. The van der Waals surface area contributed by atoms with Crippen LogP contribution in [0.4, 0.5) is 10.1 Å². The van der Waals surface area contributed by atoms with Crippen LogP contribution in [0.3, 0.4) is 0 Å². The van der Waals surface area contributed by atoms with Crippen LogP contribution >= 0.6 is 0 Å². The summed E-state index contributed by atoms with van der Waals surface area (Å²) >= 11 is 0. The molecule has 0 fully saturated rings. The number of aryl methyl sites for hydroxylation is 1. The molecule has 25 heavy (non-hydrogen) atoms. The Labute approximate surface area is 147 Å². The number of carbonyl (C=O) groups excluding carboxylic acids is 1. The van der Waals surface area contributed by atoms with Crippen molar-refractivity contribution in [3.63, 3.8) is 0 Å². The van der Waals surface area contributed by atoms with Crippen LogP contribution in [0.5, 0.6) is 0 Å². The molecule has 0 aliphatic carbocycles. The number of rotatable bonds is 8. The molecule has 0 amide bonds. The summed E-state index contributed by atoms with van der Waals surface area (Å²) in [7, 11) is 1.92. The third-order valence-electron chi connectivity index (χ3n) is 3.77. The van der Waals surface area contributed by atoms with Gasteiger partial charge in [0.1, 0.15) is 5.82 Å². The number of carbonyl (C=O) groups is 1. The predicted molar refractivity (Wildman–Crippen MR) is 97.9 cm³/mol. The van der Waals surface area contributed by atoms with Gasteiger partial charge in [-0.3, -0.25) is 4.79 Å². The van der Waals surface area contributed by atoms with Crippen molar-refractivity contribution in [3.8, 4) is 11.4 Å². The minimum absolute atomic E-state index is 0.201. The highest BCUT2D eigenvalue weighted by Crippen LogP contribution is 2.27. The highest BCUT2D eigenvalue weighted by molar-refractivity contribution is 5.86. The summed E-state index contributed by atoms with van der Waals surface area (Å²) in [5, 5.41) is 0. The molecule has 6 heteroatoms. The zero-order chi connectivity index (χ0) is 18.2. The van der Waals surface area contributed by atoms with E-state index in [4.69, 9.17) is 0 Å². The Hall–Kier alpha value is -2.63. The number of halogens is 1. The number of aliphatic imine (C=N–C) groups is 1. The fraction of sp³-hybridized carbons (Fsp3) is 0.368. The van der Waals surface area contributed by atoms with Crippen molar-refractivity contribution in [2.24, 2.45) is 4.99 Å². The first-order chi connectivity index (χ1) is 12.0. The van der Waals surface area contributed by atoms with Crippen LogP contribution in [-0.2, 0) is 0 Å². The molecule has 0 saturated carbocycles. The zero-order valence-corrected chi connectivity index (χ0v) is 14.9. The van der Waals surface area contributed by atoms with Gasteiger partial charge in [0.2, 0.25) is 0 Å². The second-order valence-electron chi connectivity index (χ2n) is 6.03. The lowest BCUT2D eigenvalue weighted by Crippen LogP contribution is -2.17. The van der Waals surface area contributed by atoms with Gasteiger partial charge in [-0.2, -0.15) is 0 Å². The topological polar surface area (TPSA) is 58.5 Å². The number of benzene rings is 1. The van der Waals surface area contributed by atoms with Gasteiger partial charge in [0.15, 0.2) is 12.1 Å². The first-order valence-electron chi connectivity index (χ1n) is 8.37. The number of aldehydes is 1. The lowest BCUT2D eigenvalue weighted by Gasteiger charge is -2.12. The molecule has 1 aromatic carbocycles.